The van der Waals surface area contributed by atoms with Gasteiger partial charge in [0.25, 0.3) is 0 Å². The zero-order valence-electron chi connectivity index (χ0n) is 14.3. The van der Waals surface area contributed by atoms with Gasteiger partial charge in [-0.05, 0) is 38.2 Å². The SMILES string of the molecule is NC1(C(=O)N2CC[C@]3(CCCN(Cc4ccccc4F)C3=O)C2)CC1. The number of hydrogen-bond donors (Lipinski definition) is 1. The van der Waals surface area contributed by atoms with Gasteiger partial charge in [-0.3, -0.25) is 9.59 Å². The summed E-state index contributed by atoms with van der Waals surface area (Å²) >= 11 is 0. The van der Waals surface area contributed by atoms with Gasteiger partial charge in [-0.25, -0.2) is 4.39 Å². The van der Waals surface area contributed by atoms with Crippen LogP contribution in [-0.2, 0) is 16.1 Å². The standard InChI is InChI=1S/C19H24FN3O2/c20-15-5-2-1-4-14(15)12-22-10-3-6-18(16(22)24)9-11-23(13-18)17(25)19(21)7-8-19/h1-2,4-5H,3,6-13,21H2/t18-/m1/s1. The van der Waals surface area contributed by atoms with Crippen LogP contribution in [0, 0.1) is 11.2 Å². The van der Waals surface area contributed by atoms with Gasteiger partial charge < -0.3 is 15.5 Å². The van der Waals surface area contributed by atoms with Gasteiger partial charge in [0.1, 0.15) is 5.82 Å². The molecule has 2 N–H and O–H groups in total. The molecule has 0 bridgehead atoms. The second kappa shape index (κ2) is 5.80. The fourth-order valence-corrected chi connectivity index (χ4v) is 4.22. The highest BCUT2D eigenvalue weighted by molar-refractivity contribution is 5.91. The van der Waals surface area contributed by atoms with Crippen molar-refractivity contribution >= 4 is 11.8 Å². The maximum Gasteiger partial charge on any atom is 0.242 e. The van der Waals surface area contributed by atoms with Crippen LogP contribution in [0.25, 0.3) is 0 Å². The van der Waals surface area contributed by atoms with E-state index in [1.165, 1.54) is 6.07 Å². The largest absolute Gasteiger partial charge is 0.340 e. The van der Waals surface area contributed by atoms with Gasteiger partial charge in [-0.1, -0.05) is 18.2 Å². The van der Waals surface area contributed by atoms with E-state index in [-0.39, 0.29) is 17.6 Å². The fourth-order valence-electron chi connectivity index (χ4n) is 4.22. The third kappa shape index (κ3) is 2.82. The highest BCUT2D eigenvalue weighted by atomic mass is 19.1. The van der Waals surface area contributed by atoms with Crippen LogP contribution in [-0.4, -0.2) is 46.8 Å². The molecule has 6 heteroatoms. The van der Waals surface area contributed by atoms with Crippen molar-refractivity contribution in [3.63, 3.8) is 0 Å². The third-order valence-corrected chi connectivity index (χ3v) is 6.00. The lowest BCUT2D eigenvalue weighted by molar-refractivity contribution is -0.147. The predicted octanol–water partition coefficient (Wildman–Crippen LogP) is 1.66. The van der Waals surface area contributed by atoms with E-state index in [1.807, 2.05) is 0 Å². The summed E-state index contributed by atoms with van der Waals surface area (Å²) in [6, 6.07) is 6.58. The van der Waals surface area contributed by atoms with Crippen LogP contribution < -0.4 is 5.73 Å². The van der Waals surface area contributed by atoms with E-state index < -0.39 is 11.0 Å². The van der Waals surface area contributed by atoms with Crippen LogP contribution in [0.3, 0.4) is 0 Å². The van der Waals surface area contributed by atoms with E-state index in [0.29, 0.717) is 38.2 Å². The number of likely N-dealkylation sites (tertiary alicyclic amines) is 2. The van der Waals surface area contributed by atoms with E-state index in [0.717, 1.165) is 25.7 Å². The summed E-state index contributed by atoms with van der Waals surface area (Å²) in [5.74, 6) is -0.237. The number of nitrogens with zero attached hydrogens (tertiary/aromatic N) is 2. The molecule has 0 unspecified atom stereocenters. The van der Waals surface area contributed by atoms with Crippen molar-refractivity contribution in [2.24, 2.45) is 11.1 Å². The van der Waals surface area contributed by atoms with Crippen LogP contribution >= 0.6 is 0 Å². The molecule has 1 aromatic carbocycles. The Bertz CT molecular complexity index is 718. The van der Waals surface area contributed by atoms with Gasteiger partial charge in [0.2, 0.25) is 11.8 Å². The monoisotopic (exact) mass is 345 g/mol. The smallest absolute Gasteiger partial charge is 0.242 e. The molecule has 25 heavy (non-hydrogen) atoms. The summed E-state index contributed by atoms with van der Waals surface area (Å²) in [4.78, 5) is 29.2. The van der Waals surface area contributed by atoms with E-state index in [4.69, 9.17) is 5.73 Å². The Morgan fingerprint density at radius 1 is 1.16 bits per heavy atom. The summed E-state index contributed by atoms with van der Waals surface area (Å²) in [6.45, 7) is 1.99. The number of rotatable bonds is 3. The lowest BCUT2D eigenvalue weighted by Crippen LogP contribution is -2.51. The first-order chi connectivity index (χ1) is 11.9. The lowest BCUT2D eigenvalue weighted by Gasteiger charge is -2.39. The second-order valence-corrected chi connectivity index (χ2v) is 7.83. The molecule has 1 saturated carbocycles. The molecule has 4 rings (SSSR count). The van der Waals surface area contributed by atoms with E-state index in [1.54, 1.807) is 28.0 Å². The maximum atomic E-state index is 13.9. The summed E-state index contributed by atoms with van der Waals surface area (Å²) in [7, 11) is 0. The van der Waals surface area contributed by atoms with E-state index in [9.17, 15) is 14.0 Å². The molecule has 2 heterocycles. The summed E-state index contributed by atoms with van der Waals surface area (Å²) in [6.07, 6.45) is 3.84. The zero-order valence-corrected chi connectivity index (χ0v) is 14.3. The quantitative estimate of drug-likeness (QED) is 0.906. The summed E-state index contributed by atoms with van der Waals surface area (Å²) in [5.41, 5.74) is 5.39. The Balaban J connectivity index is 1.49. The lowest BCUT2D eigenvalue weighted by atomic mass is 9.78. The van der Waals surface area contributed by atoms with E-state index >= 15 is 0 Å². The van der Waals surface area contributed by atoms with Gasteiger partial charge >= 0.3 is 0 Å². The molecular formula is C19H24FN3O2. The number of benzene rings is 1. The highest BCUT2D eigenvalue weighted by Crippen LogP contribution is 2.43. The fraction of sp³-hybridized carbons (Fsp3) is 0.579. The number of carbonyl (C=O) groups is 2. The van der Waals surface area contributed by atoms with Crippen molar-refractivity contribution in [1.82, 2.24) is 9.80 Å². The third-order valence-electron chi connectivity index (χ3n) is 6.00. The number of halogens is 1. The van der Waals surface area contributed by atoms with Crippen molar-refractivity contribution in [2.45, 2.75) is 44.2 Å². The zero-order chi connectivity index (χ0) is 17.7. The van der Waals surface area contributed by atoms with E-state index in [2.05, 4.69) is 0 Å². The average Bonchev–Trinajstić information content (AvgIpc) is 3.21. The minimum atomic E-state index is -0.684. The molecule has 2 aliphatic heterocycles. The van der Waals surface area contributed by atoms with Crippen molar-refractivity contribution in [2.75, 3.05) is 19.6 Å². The molecule has 2 amide bonds. The molecule has 3 aliphatic rings. The van der Waals surface area contributed by atoms with Gasteiger partial charge in [0.05, 0.1) is 11.0 Å². The Morgan fingerprint density at radius 2 is 1.92 bits per heavy atom. The molecule has 1 spiro atoms. The number of nitrogens with two attached hydrogens (primary N) is 1. The van der Waals surface area contributed by atoms with Crippen LogP contribution in [0.1, 0.15) is 37.7 Å². The van der Waals surface area contributed by atoms with Crippen LogP contribution in [0.2, 0.25) is 0 Å². The molecule has 134 valence electrons. The molecule has 1 aromatic rings. The normalized spacial score (nSPS) is 27.8. The van der Waals surface area contributed by atoms with Gasteiger partial charge in [-0.15, -0.1) is 0 Å². The number of hydrogen-bond acceptors (Lipinski definition) is 3. The van der Waals surface area contributed by atoms with Gasteiger partial charge in [0, 0.05) is 31.7 Å². The van der Waals surface area contributed by atoms with Gasteiger partial charge in [0.15, 0.2) is 0 Å². The molecule has 2 saturated heterocycles. The molecule has 0 radical (unpaired) electrons. The van der Waals surface area contributed by atoms with Crippen LogP contribution in [0.15, 0.2) is 24.3 Å². The Kier molecular flexibility index (Phi) is 3.83. The molecular weight excluding hydrogens is 321 g/mol. The number of piperidine rings is 1. The minimum Gasteiger partial charge on any atom is -0.340 e. The first kappa shape index (κ1) is 16.5. The molecule has 3 fully saturated rings. The Hall–Kier alpha value is -1.95. The van der Waals surface area contributed by atoms with Crippen molar-refractivity contribution < 1.29 is 14.0 Å². The first-order valence-electron chi connectivity index (χ1n) is 9.05. The summed E-state index contributed by atoms with van der Waals surface area (Å²) < 4.78 is 13.9. The molecule has 1 aliphatic carbocycles. The predicted molar refractivity (Wildman–Crippen MR) is 90.8 cm³/mol. The topological polar surface area (TPSA) is 66.6 Å². The average molecular weight is 345 g/mol. The first-order valence-corrected chi connectivity index (χ1v) is 9.05. The highest BCUT2D eigenvalue weighted by Gasteiger charge is 2.54. The van der Waals surface area contributed by atoms with Crippen LogP contribution in [0.4, 0.5) is 4.39 Å². The molecule has 0 aromatic heterocycles. The van der Waals surface area contributed by atoms with Crippen molar-refractivity contribution in [3.8, 4) is 0 Å². The molecule has 1 atom stereocenters. The number of amides is 2. The number of carbonyl (C=O) groups excluding carboxylic acids is 2. The van der Waals surface area contributed by atoms with Crippen molar-refractivity contribution in [1.29, 1.82) is 0 Å². The minimum absolute atomic E-state index is 0.0107. The maximum absolute atomic E-state index is 13.9. The Morgan fingerprint density at radius 3 is 2.64 bits per heavy atom. The summed E-state index contributed by atoms with van der Waals surface area (Å²) in [5, 5.41) is 0. The van der Waals surface area contributed by atoms with Crippen molar-refractivity contribution in [3.05, 3.63) is 35.6 Å². The van der Waals surface area contributed by atoms with Crippen LogP contribution in [0.5, 0.6) is 0 Å². The second-order valence-electron chi connectivity index (χ2n) is 7.83. The Labute approximate surface area is 147 Å². The van der Waals surface area contributed by atoms with Gasteiger partial charge in [-0.2, -0.15) is 0 Å². The molecule has 5 nitrogen and oxygen atoms in total.